The Bertz CT molecular complexity index is 228. The van der Waals surface area contributed by atoms with Crippen LogP contribution in [0.25, 0.3) is 0 Å². The number of carbonyl (C=O) groups excluding carboxylic acids is 1. The van der Waals surface area contributed by atoms with Crippen LogP contribution in [0.1, 0.15) is 26.2 Å². The molecule has 1 saturated heterocycles. The molecule has 1 aliphatic heterocycles. The lowest BCUT2D eigenvalue weighted by Crippen LogP contribution is -2.21. The van der Waals surface area contributed by atoms with Gasteiger partial charge in [0.2, 0.25) is 0 Å². The van der Waals surface area contributed by atoms with E-state index in [0.29, 0.717) is 18.9 Å². The van der Waals surface area contributed by atoms with Gasteiger partial charge in [-0.2, -0.15) is 0 Å². The van der Waals surface area contributed by atoms with Gasteiger partial charge < -0.3 is 4.74 Å². The molecule has 0 aromatic rings. The zero-order chi connectivity index (χ0) is 7.84. The van der Waals surface area contributed by atoms with Crippen LogP contribution in [-0.2, 0) is 9.53 Å². The molecule has 0 bridgehead atoms. The van der Waals surface area contributed by atoms with Crippen molar-refractivity contribution in [3.63, 3.8) is 0 Å². The zero-order valence-corrected chi connectivity index (χ0v) is 6.72. The van der Waals surface area contributed by atoms with Crippen molar-refractivity contribution < 1.29 is 9.53 Å². The van der Waals surface area contributed by atoms with E-state index < -0.39 is 0 Å². The van der Waals surface area contributed by atoms with Gasteiger partial charge in [-0.3, -0.25) is 4.79 Å². The van der Waals surface area contributed by atoms with Crippen LogP contribution in [-0.4, -0.2) is 12.6 Å². The van der Waals surface area contributed by atoms with Gasteiger partial charge in [-0.15, -0.1) is 0 Å². The van der Waals surface area contributed by atoms with Crippen molar-refractivity contribution in [3.8, 4) is 0 Å². The molecule has 0 aromatic carbocycles. The predicted molar refractivity (Wildman–Crippen MR) is 41.0 cm³/mol. The molecule has 0 saturated carbocycles. The van der Waals surface area contributed by atoms with Crippen LogP contribution in [0.15, 0.2) is 11.1 Å². The lowest BCUT2D eigenvalue weighted by atomic mass is 9.96. The third-order valence-corrected chi connectivity index (χ3v) is 2.71. The van der Waals surface area contributed by atoms with E-state index in [1.807, 2.05) is 0 Å². The Morgan fingerprint density at radius 2 is 2.36 bits per heavy atom. The SMILES string of the molecule is CC1=C2COC(=O)CC2CC1. The third kappa shape index (κ3) is 1.06. The molecule has 0 N–H and O–H groups in total. The maximum Gasteiger partial charge on any atom is 0.306 e. The predicted octanol–water partition coefficient (Wildman–Crippen LogP) is 1.66. The van der Waals surface area contributed by atoms with Crippen LogP contribution in [0.4, 0.5) is 0 Å². The van der Waals surface area contributed by atoms with Gasteiger partial charge in [0.15, 0.2) is 0 Å². The van der Waals surface area contributed by atoms with E-state index in [1.165, 1.54) is 11.1 Å². The van der Waals surface area contributed by atoms with E-state index in [0.717, 1.165) is 12.8 Å². The van der Waals surface area contributed by atoms with Crippen molar-refractivity contribution in [1.82, 2.24) is 0 Å². The molecule has 2 nitrogen and oxygen atoms in total. The Labute approximate surface area is 66.2 Å². The van der Waals surface area contributed by atoms with E-state index in [2.05, 4.69) is 6.92 Å². The molecule has 2 aliphatic rings. The first-order valence-corrected chi connectivity index (χ1v) is 4.11. The number of hydrogen-bond acceptors (Lipinski definition) is 2. The molecule has 1 unspecified atom stereocenters. The second-order valence-electron chi connectivity index (χ2n) is 3.41. The summed E-state index contributed by atoms with van der Waals surface area (Å²) >= 11 is 0. The highest BCUT2D eigenvalue weighted by molar-refractivity contribution is 5.72. The Kier molecular flexibility index (Phi) is 1.48. The Balaban J connectivity index is 2.20. The monoisotopic (exact) mass is 152 g/mol. The average molecular weight is 152 g/mol. The fourth-order valence-electron chi connectivity index (χ4n) is 1.96. The molecule has 0 radical (unpaired) electrons. The summed E-state index contributed by atoms with van der Waals surface area (Å²) in [6.07, 6.45) is 2.94. The maximum atomic E-state index is 10.9. The highest BCUT2D eigenvalue weighted by Crippen LogP contribution is 2.36. The van der Waals surface area contributed by atoms with Crippen LogP contribution < -0.4 is 0 Å². The number of rotatable bonds is 0. The molecule has 1 fully saturated rings. The minimum Gasteiger partial charge on any atom is -0.461 e. The van der Waals surface area contributed by atoms with Crippen LogP contribution in [0.3, 0.4) is 0 Å². The number of cyclic esters (lactones) is 1. The quantitative estimate of drug-likeness (QED) is 0.390. The van der Waals surface area contributed by atoms with Gasteiger partial charge in [0.05, 0.1) is 6.42 Å². The first-order chi connectivity index (χ1) is 5.27. The molecule has 1 heterocycles. The summed E-state index contributed by atoms with van der Waals surface area (Å²) in [5.74, 6) is 0.504. The highest BCUT2D eigenvalue weighted by atomic mass is 16.5. The molecule has 1 atom stereocenters. The second-order valence-corrected chi connectivity index (χ2v) is 3.41. The molecule has 2 rings (SSSR count). The number of allylic oxidation sites excluding steroid dienone is 1. The molecular formula is C9H12O2. The maximum absolute atomic E-state index is 10.9. The molecule has 11 heavy (non-hydrogen) atoms. The highest BCUT2D eigenvalue weighted by Gasteiger charge is 2.30. The van der Waals surface area contributed by atoms with Crippen molar-refractivity contribution in [3.05, 3.63) is 11.1 Å². The van der Waals surface area contributed by atoms with Gasteiger partial charge in [-0.05, 0) is 31.3 Å². The van der Waals surface area contributed by atoms with Crippen molar-refractivity contribution >= 4 is 5.97 Å². The minimum absolute atomic E-state index is 0.0200. The molecular weight excluding hydrogens is 140 g/mol. The first-order valence-electron chi connectivity index (χ1n) is 4.11. The van der Waals surface area contributed by atoms with Crippen LogP contribution in [0.5, 0.6) is 0 Å². The van der Waals surface area contributed by atoms with E-state index in [1.54, 1.807) is 0 Å². The Morgan fingerprint density at radius 3 is 3.18 bits per heavy atom. The number of fused-ring (bicyclic) bond motifs is 1. The lowest BCUT2D eigenvalue weighted by molar-refractivity contribution is -0.146. The van der Waals surface area contributed by atoms with Crippen molar-refractivity contribution in [2.24, 2.45) is 5.92 Å². The summed E-state index contributed by atoms with van der Waals surface area (Å²) in [6, 6.07) is 0. The van der Waals surface area contributed by atoms with Gasteiger partial charge in [0.25, 0.3) is 0 Å². The van der Waals surface area contributed by atoms with E-state index in [4.69, 9.17) is 4.74 Å². The van der Waals surface area contributed by atoms with E-state index in [-0.39, 0.29) is 5.97 Å². The largest absolute Gasteiger partial charge is 0.461 e. The average Bonchev–Trinajstić information content (AvgIpc) is 2.32. The van der Waals surface area contributed by atoms with Crippen LogP contribution in [0.2, 0.25) is 0 Å². The van der Waals surface area contributed by atoms with Crippen molar-refractivity contribution in [2.75, 3.05) is 6.61 Å². The Morgan fingerprint density at radius 1 is 1.55 bits per heavy atom. The minimum atomic E-state index is -0.0200. The third-order valence-electron chi connectivity index (χ3n) is 2.71. The Hall–Kier alpha value is -0.790. The molecule has 60 valence electrons. The van der Waals surface area contributed by atoms with Crippen LogP contribution >= 0.6 is 0 Å². The lowest BCUT2D eigenvalue weighted by Gasteiger charge is -2.20. The summed E-state index contributed by atoms with van der Waals surface area (Å²) < 4.78 is 4.97. The molecule has 2 heteroatoms. The fourth-order valence-corrected chi connectivity index (χ4v) is 1.96. The molecule has 0 spiro atoms. The zero-order valence-electron chi connectivity index (χ0n) is 6.72. The summed E-state index contributed by atoms with van der Waals surface area (Å²) in [4.78, 5) is 10.9. The number of carbonyl (C=O) groups is 1. The van der Waals surface area contributed by atoms with E-state index >= 15 is 0 Å². The van der Waals surface area contributed by atoms with Crippen molar-refractivity contribution in [2.45, 2.75) is 26.2 Å². The molecule has 0 aromatic heterocycles. The first kappa shape index (κ1) is 6.89. The second kappa shape index (κ2) is 2.36. The number of ether oxygens (including phenoxy) is 1. The summed E-state index contributed by atoms with van der Waals surface area (Å²) in [5.41, 5.74) is 2.84. The normalized spacial score (nSPS) is 30.3. The van der Waals surface area contributed by atoms with Gasteiger partial charge in [-0.1, -0.05) is 5.57 Å². The number of hydrogen-bond donors (Lipinski definition) is 0. The topological polar surface area (TPSA) is 26.3 Å². The molecule has 1 aliphatic carbocycles. The van der Waals surface area contributed by atoms with Crippen LogP contribution in [0, 0.1) is 5.92 Å². The van der Waals surface area contributed by atoms with Gasteiger partial charge >= 0.3 is 5.97 Å². The smallest absolute Gasteiger partial charge is 0.306 e. The van der Waals surface area contributed by atoms with Gasteiger partial charge in [-0.25, -0.2) is 0 Å². The van der Waals surface area contributed by atoms with Gasteiger partial charge in [0, 0.05) is 0 Å². The standard InChI is InChI=1S/C9H12O2/c1-6-2-3-7-4-9(10)11-5-8(6)7/h7H,2-5H2,1H3. The van der Waals surface area contributed by atoms with Crippen molar-refractivity contribution in [1.29, 1.82) is 0 Å². The summed E-state index contributed by atoms with van der Waals surface area (Å²) in [7, 11) is 0. The van der Waals surface area contributed by atoms with E-state index in [9.17, 15) is 4.79 Å². The summed E-state index contributed by atoms with van der Waals surface area (Å²) in [6.45, 7) is 2.71. The fraction of sp³-hybridized carbons (Fsp3) is 0.667. The number of esters is 1. The van der Waals surface area contributed by atoms with Gasteiger partial charge in [0.1, 0.15) is 6.61 Å². The summed E-state index contributed by atoms with van der Waals surface area (Å²) in [5, 5.41) is 0. The molecule has 0 amide bonds.